The van der Waals surface area contributed by atoms with E-state index in [2.05, 4.69) is 19.1 Å². The van der Waals surface area contributed by atoms with Gasteiger partial charge in [0.1, 0.15) is 5.82 Å². The third-order valence-corrected chi connectivity index (χ3v) is 6.38. The molecule has 0 N–H and O–H groups in total. The largest absolute Gasteiger partial charge is 0.332 e. The van der Waals surface area contributed by atoms with E-state index in [4.69, 9.17) is 4.98 Å². The van der Waals surface area contributed by atoms with Crippen LogP contribution in [-0.2, 0) is 11.2 Å². The first-order valence-corrected chi connectivity index (χ1v) is 12.3. The van der Waals surface area contributed by atoms with Crippen LogP contribution in [0.5, 0.6) is 0 Å². The average Bonchev–Trinajstić information content (AvgIpc) is 2.86. The topological polar surface area (TPSA) is 55.2 Å². The van der Waals surface area contributed by atoms with Gasteiger partial charge in [0.15, 0.2) is 0 Å². The minimum Gasteiger partial charge on any atom is -0.332 e. The second-order valence-electron chi connectivity index (χ2n) is 9.31. The van der Waals surface area contributed by atoms with Gasteiger partial charge in [-0.2, -0.15) is 0 Å². The Hall–Kier alpha value is -3.73. The first-order valence-electron chi connectivity index (χ1n) is 12.3. The summed E-state index contributed by atoms with van der Waals surface area (Å²) >= 11 is 0. The maximum Gasteiger partial charge on any atom is 0.266 e. The van der Waals surface area contributed by atoms with E-state index in [1.165, 1.54) is 5.56 Å². The predicted molar refractivity (Wildman–Crippen MR) is 142 cm³/mol. The summed E-state index contributed by atoms with van der Waals surface area (Å²) in [6.45, 7) is 8.46. The van der Waals surface area contributed by atoms with Crippen molar-refractivity contribution >= 4 is 16.8 Å². The normalized spacial score (nSPS) is 12.1. The molecule has 0 saturated heterocycles. The van der Waals surface area contributed by atoms with Gasteiger partial charge in [0.2, 0.25) is 5.91 Å². The molecule has 1 heterocycles. The molecule has 0 aliphatic heterocycles. The Morgan fingerprint density at radius 1 is 0.971 bits per heavy atom. The third kappa shape index (κ3) is 5.19. The van der Waals surface area contributed by atoms with Crippen molar-refractivity contribution in [3.63, 3.8) is 0 Å². The highest BCUT2D eigenvalue weighted by atomic mass is 16.2. The van der Waals surface area contributed by atoms with Gasteiger partial charge in [-0.05, 0) is 55.2 Å². The van der Waals surface area contributed by atoms with Crippen LogP contribution in [0.3, 0.4) is 0 Å². The first-order chi connectivity index (χ1) is 16.9. The summed E-state index contributed by atoms with van der Waals surface area (Å²) in [6, 6.07) is 25.2. The molecular formula is C30H33N3O2. The molecule has 180 valence electrons. The average molecular weight is 468 g/mol. The van der Waals surface area contributed by atoms with Gasteiger partial charge >= 0.3 is 0 Å². The summed E-state index contributed by atoms with van der Waals surface area (Å²) < 4.78 is 1.70. The Balaban J connectivity index is 1.89. The number of amides is 1. The molecule has 1 unspecified atom stereocenters. The van der Waals surface area contributed by atoms with Crippen LogP contribution in [0.25, 0.3) is 16.6 Å². The fraction of sp³-hybridized carbons (Fsp3) is 0.300. The minimum absolute atomic E-state index is 0.0611. The number of para-hydroxylation sites is 1. The minimum atomic E-state index is -0.341. The Morgan fingerprint density at radius 2 is 1.69 bits per heavy atom. The number of carbonyl (C=O) groups excluding carboxylic acids is 1. The van der Waals surface area contributed by atoms with Crippen LogP contribution in [0.1, 0.15) is 50.2 Å². The number of rotatable bonds is 8. The Kier molecular flexibility index (Phi) is 7.45. The van der Waals surface area contributed by atoms with Crippen molar-refractivity contribution in [1.82, 2.24) is 14.5 Å². The van der Waals surface area contributed by atoms with Gasteiger partial charge in [-0.1, -0.05) is 75.4 Å². The number of nitrogens with zero attached hydrogens (tertiary/aromatic N) is 3. The Labute approximate surface area is 207 Å². The third-order valence-electron chi connectivity index (χ3n) is 6.38. The molecule has 0 spiro atoms. The van der Waals surface area contributed by atoms with Crippen LogP contribution in [0, 0.1) is 12.8 Å². The Bertz CT molecular complexity index is 1380. The van der Waals surface area contributed by atoms with Crippen LogP contribution in [0.4, 0.5) is 0 Å². The van der Waals surface area contributed by atoms with Crippen LogP contribution < -0.4 is 5.56 Å². The van der Waals surface area contributed by atoms with Gasteiger partial charge in [-0.3, -0.25) is 14.2 Å². The predicted octanol–water partition coefficient (Wildman–Crippen LogP) is 5.87. The van der Waals surface area contributed by atoms with E-state index >= 15 is 0 Å². The molecule has 4 aromatic rings. The smallest absolute Gasteiger partial charge is 0.266 e. The molecule has 0 aliphatic rings. The van der Waals surface area contributed by atoms with Crippen molar-refractivity contribution in [3.05, 3.63) is 106 Å². The lowest BCUT2D eigenvalue weighted by atomic mass is 10.0. The van der Waals surface area contributed by atoms with Gasteiger partial charge in [0, 0.05) is 12.5 Å². The zero-order valence-corrected chi connectivity index (χ0v) is 20.9. The number of aryl methyl sites for hydroxylation is 1. The maximum absolute atomic E-state index is 13.8. The monoisotopic (exact) mass is 467 g/mol. The number of hydrogen-bond donors (Lipinski definition) is 0. The van der Waals surface area contributed by atoms with E-state index < -0.39 is 0 Å². The van der Waals surface area contributed by atoms with Crippen molar-refractivity contribution in [2.24, 2.45) is 5.92 Å². The molecule has 0 aliphatic carbocycles. The van der Waals surface area contributed by atoms with Gasteiger partial charge in [0.05, 0.1) is 22.6 Å². The molecule has 3 aromatic carbocycles. The summed E-state index contributed by atoms with van der Waals surface area (Å²) in [5, 5.41) is 0.568. The standard InChI is InChI=1S/C30H33N3O2/c1-5-27(32(29(34)21(2)3)19-18-23-13-7-6-8-14-23)28-31-26-17-10-9-16-25(26)30(35)33(28)24-15-11-12-22(4)20-24/h6-17,20-21,27H,5,18-19H2,1-4H3. The van der Waals surface area contributed by atoms with Gasteiger partial charge in [0.25, 0.3) is 5.56 Å². The van der Waals surface area contributed by atoms with Crippen LogP contribution >= 0.6 is 0 Å². The molecule has 1 atom stereocenters. The lowest BCUT2D eigenvalue weighted by Crippen LogP contribution is -2.41. The number of aromatic nitrogens is 2. The molecule has 0 fully saturated rings. The summed E-state index contributed by atoms with van der Waals surface area (Å²) in [4.78, 5) is 34.2. The van der Waals surface area contributed by atoms with E-state index in [0.29, 0.717) is 29.7 Å². The lowest BCUT2D eigenvalue weighted by molar-refractivity contribution is -0.137. The second kappa shape index (κ2) is 10.7. The van der Waals surface area contributed by atoms with Gasteiger partial charge < -0.3 is 4.90 Å². The lowest BCUT2D eigenvalue weighted by Gasteiger charge is -2.33. The molecule has 1 aromatic heterocycles. The van der Waals surface area contributed by atoms with Gasteiger partial charge in [-0.15, -0.1) is 0 Å². The molecule has 5 nitrogen and oxygen atoms in total. The highest BCUT2D eigenvalue weighted by Crippen LogP contribution is 2.28. The number of hydrogen-bond acceptors (Lipinski definition) is 3. The highest BCUT2D eigenvalue weighted by molar-refractivity contribution is 5.80. The van der Waals surface area contributed by atoms with E-state index in [9.17, 15) is 9.59 Å². The zero-order valence-electron chi connectivity index (χ0n) is 20.9. The molecule has 0 saturated carbocycles. The van der Waals surface area contributed by atoms with Crippen LogP contribution in [-0.4, -0.2) is 26.9 Å². The summed E-state index contributed by atoms with van der Waals surface area (Å²) in [7, 11) is 0. The molecule has 1 amide bonds. The van der Waals surface area contributed by atoms with Crippen molar-refractivity contribution in [2.75, 3.05) is 6.54 Å². The fourth-order valence-corrected chi connectivity index (χ4v) is 4.58. The second-order valence-corrected chi connectivity index (χ2v) is 9.31. The van der Waals surface area contributed by atoms with E-state index in [1.807, 2.05) is 92.4 Å². The van der Waals surface area contributed by atoms with Crippen molar-refractivity contribution in [1.29, 1.82) is 0 Å². The quantitative estimate of drug-likeness (QED) is 0.326. The fourth-order valence-electron chi connectivity index (χ4n) is 4.58. The van der Waals surface area contributed by atoms with E-state index in [1.54, 1.807) is 4.57 Å². The molecule has 35 heavy (non-hydrogen) atoms. The maximum atomic E-state index is 13.8. The van der Waals surface area contributed by atoms with Crippen molar-refractivity contribution < 1.29 is 4.79 Å². The SMILES string of the molecule is CCC(c1nc2ccccc2c(=O)n1-c1cccc(C)c1)N(CCc1ccccc1)C(=O)C(C)C. The molecule has 5 heteroatoms. The van der Waals surface area contributed by atoms with Crippen LogP contribution in [0.15, 0.2) is 83.7 Å². The number of carbonyl (C=O) groups is 1. The van der Waals surface area contributed by atoms with Gasteiger partial charge in [-0.25, -0.2) is 4.98 Å². The summed E-state index contributed by atoms with van der Waals surface area (Å²) in [6.07, 6.45) is 1.38. The van der Waals surface area contributed by atoms with E-state index in [0.717, 1.165) is 17.7 Å². The van der Waals surface area contributed by atoms with Crippen molar-refractivity contribution in [3.8, 4) is 5.69 Å². The number of fused-ring (bicyclic) bond motifs is 1. The Morgan fingerprint density at radius 3 is 2.37 bits per heavy atom. The molecule has 4 rings (SSSR count). The van der Waals surface area contributed by atoms with E-state index in [-0.39, 0.29) is 23.4 Å². The number of benzene rings is 3. The molecule has 0 radical (unpaired) electrons. The van der Waals surface area contributed by atoms with Crippen molar-refractivity contribution in [2.45, 2.75) is 46.6 Å². The summed E-state index contributed by atoms with van der Waals surface area (Å²) in [5.41, 5.74) is 3.53. The zero-order chi connectivity index (χ0) is 24.9. The molecule has 0 bridgehead atoms. The first kappa shape index (κ1) is 24.4. The molecular weight excluding hydrogens is 434 g/mol. The van der Waals surface area contributed by atoms with Crippen LogP contribution in [0.2, 0.25) is 0 Å². The highest BCUT2D eigenvalue weighted by Gasteiger charge is 2.30. The summed E-state index contributed by atoms with van der Waals surface area (Å²) in [5.74, 6) is 0.495.